The van der Waals surface area contributed by atoms with E-state index in [1.807, 2.05) is 18.7 Å². The average Bonchev–Trinajstić information content (AvgIpc) is 2.27. The van der Waals surface area contributed by atoms with Crippen molar-refractivity contribution in [1.82, 2.24) is 10.2 Å². The van der Waals surface area contributed by atoms with Crippen molar-refractivity contribution < 1.29 is 14.7 Å². The van der Waals surface area contributed by atoms with Crippen molar-refractivity contribution in [3.8, 4) is 0 Å². The zero-order valence-electron chi connectivity index (χ0n) is 11.2. The van der Waals surface area contributed by atoms with E-state index in [1.54, 1.807) is 4.90 Å². The number of nitrogens with one attached hydrogen (secondary N) is 1. The van der Waals surface area contributed by atoms with Gasteiger partial charge in [-0.2, -0.15) is 11.8 Å². The van der Waals surface area contributed by atoms with Crippen LogP contribution in [-0.4, -0.2) is 52.1 Å². The number of carboxylic acids is 1. The van der Waals surface area contributed by atoms with Crippen LogP contribution < -0.4 is 5.32 Å². The highest BCUT2D eigenvalue weighted by atomic mass is 32.2. The maximum Gasteiger partial charge on any atom is 0.317 e. The molecule has 0 saturated carbocycles. The first-order chi connectivity index (χ1) is 8.43. The highest BCUT2D eigenvalue weighted by molar-refractivity contribution is 8.00. The van der Waals surface area contributed by atoms with Gasteiger partial charge in [0.2, 0.25) is 0 Å². The number of hydrogen-bond acceptors (Lipinski definition) is 3. The van der Waals surface area contributed by atoms with Crippen molar-refractivity contribution in [1.29, 1.82) is 0 Å². The number of rotatable bonds is 4. The highest BCUT2D eigenvalue weighted by Crippen LogP contribution is 2.24. The number of urea groups is 1. The molecular formula is C12H22N2O3S. The summed E-state index contributed by atoms with van der Waals surface area (Å²) in [5, 5.41) is 12.5. The SMILES string of the molecule is CCC(CNC(=O)N1CC(C)SC(C)C1)C(=O)O. The smallest absolute Gasteiger partial charge is 0.317 e. The molecule has 0 aromatic carbocycles. The molecule has 0 aliphatic carbocycles. The van der Waals surface area contributed by atoms with E-state index < -0.39 is 11.9 Å². The summed E-state index contributed by atoms with van der Waals surface area (Å²) in [6.07, 6.45) is 0.526. The minimum atomic E-state index is -0.853. The van der Waals surface area contributed by atoms with Crippen molar-refractivity contribution in [2.75, 3.05) is 19.6 Å². The van der Waals surface area contributed by atoms with Crippen molar-refractivity contribution >= 4 is 23.8 Å². The van der Waals surface area contributed by atoms with Crippen molar-refractivity contribution in [3.05, 3.63) is 0 Å². The predicted octanol–water partition coefficient (Wildman–Crippen LogP) is 1.63. The predicted molar refractivity (Wildman–Crippen MR) is 72.9 cm³/mol. The van der Waals surface area contributed by atoms with Gasteiger partial charge in [-0.25, -0.2) is 4.79 Å². The van der Waals surface area contributed by atoms with Crippen LogP contribution in [0.2, 0.25) is 0 Å². The molecule has 5 nitrogen and oxygen atoms in total. The van der Waals surface area contributed by atoms with Gasteiger partial charge in [0.25, 0.3) is 0 Å². The fourth-order valence-electron chi connectivity index (χ4n) is 2.07. The Morgan fingerprint density at radius 1 is 1.39 bits per heavy atom. The van der Waals surface area contributed by atoms with Gasteiger partial charge < -0.3 is 15.3 Å². The molecule has 0 aromatic heterocycles. The van der Waals surface area contributed by atoms with Crippen LogP contribution in [0.5, 0.6) is 0 Å². The number of nitrogens with zero attached hydrogens (tertiary/aromatic N) is 1. The van der Waals surface area contributed by atoms with Crippen LogP contribution in [0.1, 0.15) is 27.2 Å². The lowest BCUT2D eigenvalue weighted by Crippen LogP contribution is -2.49. The van der Waals surface area contributed by atoms with Crippen LogP contribution in [0.25, 0.3) is 0 Å². The number of thioether (sulfide) groups is 1. The van der Waals surface area contributed by atoms with Gasteiger partial charge in [0.05, 0.1) is 5.92 Å². The third kappa shape index (κ3) is 4.40. The summed E-state index contributed by atoms with van der Waals surface area (Å²) < 4.78 is 0. The second-order valence-corrected chi connectivity index (χ2v) is 6.67. The summed E-state index contributed by atoms with van der Waals surface area (Å²) >= 11 is 1.88. The summed E-state index contributed by atoms with van der Waals surface area (Å²) in [5.74, 6) is -1.35. The molecule has 3 atom stereocenters. The second-order valence-electron chi connectivity index (χ2n) is 4.79. The molecule has 104 valence electrons. The molecule has 1 saturated heterocycles. The van der Waals surface area contributed by atoms with Gasteiger partial charge in [-0.1, -0.05) is 20.8 Å². The largest absolute Gasteiger partial charge is 0.481 e. The Kier molecular flexibility index (Phi) is 5.78. The number of carbonyl (C=O) groups is 2. The Morgan fingerprint density at radius 3 is 2.39 bits per heavy atom. The minimum absolute atomic E-state index is 0.145. The van der Waals surface area contributed by atoms with Crippen LogP contribution in [0, 0.1) is 5.92 Å². The first kappa shape index (κ1) is 15.1. The normalized spacial score (nSPS) is 25.6. The molecule has 2 N–H and O–H groups in total. The molecule has 3 unspecified atom stereocenters. The highest BCUT2D eigenvalue weighted by Gasteiger charge is 2.26. The number of carbonyl (C=O) groups excluding carboxylic acids is 1. The Balaban J connectivity index is 2.42. The van der Waals surface area contributed by atoms with E-state index in [9.17, 15) is 9.59 Å². The minimum Gasteiger partial charge on any atom is -0.481 e. The number of hydrogen-bond donors (Lipinski definition) is 2. The molecule has 0 radical (unpaired) electrons. The zero-order valence-corrected chi connectivity index (χ0v) is 12.0. The van der Waals surface area contributed by atoms with Gasteiger partial charge in [0.1, 0.15) is 0 Å². The lowest BCUT2D eigenvalue weighted by molar-refractivity contribution is -0.141. The van der Waals surface area contributed by atoms with Crippen molar-refractivity contribution in [2.45, 2.75) is 37.7 Å². The summed E-state index contributed by atoms with van der Waals surface area (Å²) in [6, 6.07) is -0.145. The van der Waals surface area contributed by atoms with Crippen LogP contribution in [0.4, 0.5) is 4.79 Å². The van der Waals surface area contributed by atoms with Gasteiger partial charge >= 0.3 is 12.0 Å². The summed E-state index contributed by atoms with van der Waals surface area (Å²) in [5.41, 5.74) is 0. The van der Waals surface area contributed by atoms with E-state index in [0.717, 1.165) is 13.1 Å². The molecule has 0 spiro atoms. The summed E-state index contributed by atoms with van der Waals surface area (Å²) in [7, 11) is 0. The van der Waals surface area contributed by atoms with Crippen LogP contribution in [0.3, 0.4) is 0 Å². The van der Waals surface area contributed by atoms with E-state index >= 15 is 0 Å². The van der Waals surface area contributed by atoms with E-state index in [4.69, 9.17) is 5.11 Å². The lowest BCUT2D eigenvalue weighted by atomic mass is 10.1. The molecule has 1 aliphatic rings. The molecule has 18 heavy (non-hydrogen) atoms. The Labute approximate surface area is 112 Å². The Hall–Kier alpha value is -0.910. The monoisotopic (exact) mass is 274 g/mol. The van der Waals surface area contributed by atoms with Gasteiger partial charge in [0, 0.05) is 30.1 Å². The average molecular weight is 274 g/mol. The second kappa shape index (κ2) is 6.87. The first-order valence-electron chi connectivity index (χ1n) is 6.35. The fraction of sp³-hybridized carbons (Fsp3) is 0.833. The van der Waals surface area contributed by atoms with E-state index in [2.05, 4.69) is 19.2 Å². The van der Waals surface area contributed by atoms with Crippen molar-refractivity contribution in [3.63, 3.8) is 0 Å². The molecule has 1 rings (SSSR count). The molecule has 6 heteroatoms. The lowest BCUT2D eigenvalue weighted by Gasteiger charge is -2.34. The van der Waals surface area contributed by atoms with Gasteiger partial charge in [-0.05, 0) is 6.42 Å². The van der Waals surface area contributed by atoms with E-state index in [0.29, 0.717) is 16.9 Å². The van der Waals surface area contributed by atoms with Crippen LogP contribution in [0.15, 0.2) is 0 Å². The Bertz CT molecular complexity index is 302. The molecular weight excluding hydrogens is 252 g/mol. The van der Waals surface area contributed by atoms with Gasteiger partial charge in [-0.3, -0.25) is 4.79 Å². The van der Waals surface area contributed by atoms with Gasteiger partial charge in [0.15, 0.2) is 0 Å². The first-order valence-corrected chi connectivity index (χ1v) is 7.29. The third-order valence-corrected chi connectivity index (χ3v) is 4.28. The topological polar surface area (TPSA) is 69.6 Å². The zero-order chi connectivity index (χ0) is 13.7. The Morgan fingerprint density at radius 2 is 1.94 bits per heavy atom. The maximum atomic E-state index is 11.9. The van der Waals surface area contributed by atoms with E-state index in [1.165, 1.54) is 0 Å². The molecule has 1 fully saturated rings. The van der Waals surface area contributed by atoms with E-state index in [-0.39, 0.29) is 12.6 Å². The fourth-order valence-corrected chi connectivity index (χ4v) is 3.40. The summed E-state index contributed by atoms with van der Waals surface area (Å²) in [4.78, 5) is 24.6. The summed E-state index contributed by atoms with van der Waals surface area (Å²) in [6.45, 7) is 7.68. The maximum absolute atomic E-state index is 11.9. The number of amides is 2. The molecule has 2 amide bonds. The number of carboxylic acid groups (broad SMARTS) is 1. The number of aliphatic carboxylic acids is 1. The molecule has 0 bridgehead atoms. The van der Waals surface area contributed by atoms with Gasteiger partial charge in [-0.15, -0.1) is 0 Å². The molecule has 0 aromatic rings. The molecule has 1 aliphatic heterocycles. The van der Waals surface area contributed by atoms with Crippen molar-refractivity contribution in [2.24, 2.45) is 5.92 Å². The third-order valence-electron chi connectivity index (χ3n) is 3.05. The van der Waals surface area contributed by atoms with Crippen LogP contribution in [-0.2, 0) is 4.79 Å². The molecule has 1 heterocycles. The quantitative estimate of drug-likeness (QED) is 0.817. The standard InChI is InChI=1S/C12H22N2O3S/c1-4-10(11(15)16)5-13-12(17)14-6-8(2)18-9(3)7-14/h8-10H,4-7H2,1-3H3,(H,13,17)(H,15,16). The van der Waals surface area contributed by atoms with Crippen LogP contribution >= 0.6 is 11.8 Å².